The predicted octanol–water partition coefficient (Wildman–Crippen LogP) is 1.28. The van der Waals surface area contributed by atoms with Gasteiger partial charge in [0.2, 0.25) is 0 Å². The Morgan fingerprint density at radius 2 is 2.33 bits per heavy atom. The molecule has 0 saturated heterocycles. The van der Waals surface area contributed by atoms with Gasteiger partial charge in [0.25, 0.3) is 0 Å². The number of rotatable bonds is 6. The molecule has 0 saturated carbocycles. The Kier molecular flexibility index (Phi) is 7.72. The zero-order valence-electron chi connectivity index (χ0n) is 5.82. The number of nitrogens with one attached hydrogen (secondary N) is 1. The van der Waals surface area contributed by atoms with E-state index in [2.05, 4.69) is 5.48 Å². The molecule has 0 aromatic heterocycles. The molecule has 0 fully saturated rings. The third-order valence-corrected chi connectivity index (χ3v) is 0.821. The monoisotopic (exact) mass is 135 g/mol. The fourth-order valence-electron chi connectivity index (χ4n) is 0.385. The lowest BCUT2D eigenvalue weighted by molar-refractivity contribution is 0.0402. The summed E-state index contributed by atoms with van der Waals surface area (Å²) >= 11 is 0. The zero-order chi connectivity index (χ0) is 6.95. The Balaban J connectivity index is 2.60. The van der Waals surface area contributed by atoms with Crippen LogP contribution in [0.1, 0.15) is 19.8 Å². The SMILES string of the molecule is CCCONCCCF. The Hall–Kier alpha value is -0.150. The largest absolute Gasteiger partial charge is 0.302 e. The highest BCUT2D eigenvalue weighted by Crippen LogP contribution is 1.78. The van der Waals surface area contributed by atoms with E-state index in [1.165, 1.54) is 0 Å². The molecular formula is C6H14FNO. The molecular weight excluding hydrogens is 121 g/mol. The summed E-state index contributed by atoms with van der Waals surface area (Å²) in [6, 6.07) is 0. The van der Waals surface area contributed by atoms with Gasteiger partial charge in [-0.1, -0.05) is 6.92 Å². The van der Waals surface area contributed by atoms with Gasteiger partial charge in [-0.2, -0.15) is 0 Å². The van der Waals surface area contributed by atoms with Crippen LogP contribution in [0.15, 0.2) is 0 Å². The molecule has 0 atom stereocenters. The van der Waals surface area contributed by atoms with Crippen molar-refractivity contribution in [3.63, 3.8) is 0 Å². The third kappa shape index (κ3) is 7.85. The van der Waals surface area contributed by atoms with Crippen LogP contribution in [0.4, 0.5) is 4.39 Å². The van der Waals surface area contributed by atoms with Crippen molar-refractivity contribution in [2.24, 2.45) is 0 Å². The van der Waals surface area contributed by atoms with Crippen LogP contribution in [-0.4, -0.2) is 19.8 Å². The van der Waals surface area contributed by atoms with Crippen LogP contribution in [0.25, 0.3) is 0 Å². The third-order valence-electron chi connectivity index (χ3n) is 0.821. The Morgan fingerprint density at radius 3 is 2.89 bits per heavy atom. The van der Waals surface area contributed by atoms with Crippen molar-refractivity contribution >= 4 is 0 Å². The van der Waals surface area contributed by atoms with Crippen LogP contribution < -0.4 is 5.48 Å². The normalized spacial score (nSPS) is 10.0. The first-order valence-electron chi connectivity index (χ1n) is 3.32. The lowest BCUT2D eigenvalue weighted by Crippen LogP contribution is -2.16. The zero-order valence-corrected chi connectivity index (χ0v) is 5.82. The summed E-state index contributed by atoms with van der Waals surface area (Å²) in [6.45, 7) is 3.06. The van der Waals surface area contributed by atoms with E-state index in [1.807, 2.05) is 6.92 Å². The first kappa shape index (κ1) is 8.85. The number of hydroxylamine groups is 1. The van der Waals surface area contributed by atoms with E-state index in [9.17, 15) is 4.39 Å². The molecule has 0 spiro atoms. The average molecular weight is 135 g/mol. The molecule has 0 aliphatic carbocycles. The topological polar surface area (TPSA) is 21.3 Å². The highest BCUT2D eigenvalue weighted by Gasteiger charge is 1.84. The second kappa shape index (κ2) is 7.85. The second-order valence-corrected chi connectivity index (χ2v) is 1.79. The molecule has 0 amide bonds. The fourth-order valence-corrected chi connectivity index (χ4v) is 0.385. The maximum absolute atomic E-state index is 11.4. The summed E-state index contributed by atoms with van der Waals surface area (Å²) in [5.74, 6) is 0. The van der Waals surface area contributed by atoms with Gasteiger partial charge in [0, 0.05) is 6.54 Å². The van der Waals surface area contributed by atoms with Crippen LogP contribution in [0.3, 0.4) is 0 Å². The van der Waals surface area contributed by atoms with Gasteiger partial charge in [-0.15, -0.1) is 0 Å². The highest BCUT2D eigenvalue weighted by molar-refractivity contribution is 4.33. The number of alkyl halides is 1. The first-order chi connectivity index (χ1) is 4.41. The Labute approximate surface area is 55.3 Å². The van der Waals surface area contributed by atoms with Crippen LogP contribution in [0, 0.1) is 0 Å². The van der Waals surface area contributed by atoms with E-state index in [4.69, 9.17) is 4.84 Å². The Bertz CT molecular complexity index is 46.3. The molecule has 2 nitrogen and oxygen atoms in total. The minimum Gasteiger partial charge on any atom is -0.302 e. The van der Waals surface area contributed by atoms with E-state index in [0.29, 0.717) is 19.6 Å². The van der Waals surface area contributed by atoms with Crippen LogP contribution in [-0.2, 0) is 4.84 Å². The number of hydrogen-bond acceptors (Lipinski definition) is 2. The molecule has 1 N–H and O–H groups in total. The number of halogens is 1. The van der Waals surface area contributed by atoms with Gasteiger partial charge in [-0.05, 0) is 12.8 Å². The average Bonchev–Trinajstić information content (AvgIpc) is 1.89. The molecule has 0 aromatic carbocycles. The van der Waals surface area contributed by atoms with Crippen molar-refractivity contribution in [1.29, 1.82) is 0 Å². The van der Waals surface area contributed by atoms with Gasteiger partial charge in [-0.3, -0.25) is 4.39 Å². The van der Waals surface area contributed by atoms with E-state index >= 15 is 0 Å². The van der Waals surface area contributed by atoms with Gasteiger partial charge < -0.3 is 4.84 Å². The van der Waals surface area contributed by atoms with Crippen molar-refractivity contribution in [3.8, 4) is 0 Å². The van der Waals surface area contributed by atoms with E-state index in [-0.39, 0.29) is 6.67 Å². The lowest BCUT2D eigenvalue weighted by Gasteiger charge is -2.00. The quantitative estimate of drug-likeness (QED) is 0.437. The summed E-state index contributed by atoms with van der Waals surface area (Å²) in [7, 11) is 0. The molecule has 0 unspecified atom stereocenters. The van der Waals surface area contributed by atoms with E-state index < -0.39 is 0 Å². The van der Waals surface area contributed by atoms with Gasteiger partial charge >= 0.3 is 0 Å². The molecule has 56 valence electrons. The predicted molar refractivity (Wildman–Crippen MR) is 34.8 cm³/mol. The Morgan fingerprint density at radius 1 is 1.56 bits per heavy atom. The summed E-state index contributed by atoms with van der Waals surface area (Å²) in [5, 5.41) is 0. The fraction of sp³-hybridized carbons (Fsp3) is 1.00. The van der Waals surface area contributed by atoms with E-state index in [0.717, 1.165) is 6.42 Å². The van der Waals surface area contributed by atoms with Crippen molar-refractivity contribution < 1.29 is 9.23 Å². The molecule has 0 aliphatic rings. The lowest BCUT2D eigenvalue weighted by atomic mass is 10.5. The maximum Gasteiger partial charge on any atom is 0.0907 e. The van der Waals surface area contributed by atoms with Crippen molar-refractivity contribution in [3.05, 3.63) is 0 Å². The van der Waals surface area contributed by atoms with Crippen LogP contribution >= 0.6 is 0 Å². The minimum atomic E-state index is -0.275. The summed E-state index contributed by atoms with van der Waals surface area (Å²) in [6.07, 6.45) is 1.52. The van der Waals surface area contributed by atoms with Crippen molar-refractivity contribution in [2.75, 3.05) is 19.8 Å². The van der Waals surface area contributed by atoms with Gasteiger partial charge in [0.1, 0.15) is 0 Å². The molecule has 0 aromatic rings. The molecule has 0 aliphatic heterocycles. The molecule has 0 rings (SSSR count). The number of hydrogen-bond donors (Lipinski definition) is 1. The second-order valence-electron chi connectivity index (χ2n) is 1.79. The van der Waals surface area contributed by atoms with Gasteiger partial charge in [0.15, 0.2) is 0 Å². The summed E-state index contributed by atoms with van der Waals surface area (Å²) in [4.78, 5) is 4.87. The minimum absolute atomic E-state index is 0.275. The summed E-state index contributed by atoms with van der Waals surface area (Å²) < 4.78 is 11.4. The molecule has 9 heavy (non-hydrogen) atoms. The van der Waals surface area contributed by atoms with Crippen LogP contribution in [0.2, 0.25) is 0 Å². The smallest absolute Gasteiger partial charge is 0.0907 e. The van der Waals surface area contributed by atoms with E-state index in [1.54, 1.807) is 0 Å². The van der Waals surface area contributed by atoms with Gasteiger partial charge in [0.05, 0.1) is 13.3 Å². The van der Waals surface area contributed by atoms with Crippen molar-refractivity contribution in [1.82, 2.24) is 5.48 Å². The molecule has 3 heteroatoms. The molecule has 0 bridgehead atoms. The maximum atomic E-state index is 11.4. The highest BCUT2D eigenvalue weighted by atomic mass is 19.1. The van der Waals surface area contributed by atoms with Gasteiger partial charge in [-0.25, -0.2) is 5.48 Å². The summed E-state index contributed by atoms with van der Waals surface area (Å²) in [5.41, 5.74) is 2.65. The molecule has 0 heterocycles. The first-order valence-corrected chi connectivity index (χ1v) is 3.32. The standard InChI is InChI=1S/C6H14FNO/c1-2-6-9-8-5-3-4-7/h8H,2-6H2,1H3. The van der Waals surface area contributed by atoms with Crippen molar-refractivity contribution in [2.45, 2.75) is 19.8 Å². The molecule has 0 radical (unpaired) electrons. The van der Waals surface area contributed by atoms with Crippen LogP contribution in [0.5, 0.6) is 0 Å².